The van der Waals surface area contributed by atoms with Gasteiger partial charge >= 0.3 is 0 Å². The summed E-state index contributed by atoms with van der Waals surface area (Å²) < 4.78 is 33.9. The molecule has 18 nitrogen and oxygen atoms in total. The van der Waals surface area contributed by atoms with E-state index in [0.29, 0.717) is 105 Å². The van der Waals surface area contributed by atoms with Crippen LogP contribution in [0.25, 0.3) is 103 Å². The maximum absolute atomic E-state index is 5.85. The van der Waals surface area contributed by atoms with Crippen molar-refractivity contribution in [3.8, 4) is 103 Å². The highest BCUT2D eigenvalue weighted by molar-refractivity contribution is 5.76. The maximum Gasteiger partial charge on any atom is 0.258 e. The Morgan fingerprint density at radius 2 is 0.550 bits per heavy atom. The van der Waals surface area contributed by atoms with Gasteiger partial charge in [0.2, 0.25) is 17.5 Å². The van der Waals surface area contributed by atoms with Crippen LogP contribution < -0.4 is 0 Å². The van der Waals surface area contributed by atoms with E-state index in [1.54, 1.807) is 18.2 Å². The zero-order valence-electron chi connectivity index (χ0n) is 32.1. The molecule has 0 fully saturated rings. The minimum Gasteiger partial charge on any atom is -0.334 e. The fraction of sp³-hybridized carbons (Fsp3) is 0.143. The van der Waals surface area contributed by atoms with Crippen molar-refractivity contribution >= 4 is 0 Å². The molecule has 0 aliphatic rings. The van der Waals surface area contributed by atoms with Gasteiger partial charge in [-0.15, -0.1) is 0 Å². The van der Waals surface area contributed by atoms with Crippen molar-refractivity contribution in [2.24, 2.45) is 0 Å². The first-order valence-corrected chi connectivity index (χ1v) is 19.0. The highest BCUT2D eigenvalue weighted by Gasteiger charge is 2.22. The molecule has 10 aromatic rings. The fourth-order valence-electron chi connectivity index (χ4n) is 6.29. The zero-order valence-corrected chi connectivity index (χ0v) is 32.1. The smallest absolute Gasteiger partial charge is 0.258 e. The number of hydrogen-bond donors (Lipinski definition) is 0. The number of aryl methyl sites for hydroxylation is 3. The molecule has 0 unspecified atom stereocenters. The Labute approximate surface area is 338 Å². The molecule has 294 valence electrons. The lowest BCUT2D eigenvalue weighted by Crippen LogP contribution is -1.88. The first kappa shape index (κ1) is 36.1. The lowest BCUT2D eigenvalue weighted by molar-refractivity contribution is 0.423. The molecule has 0 saturated carbocycles. The first-order chi connectivity index (χ1) is 29.5. The van der Waals surface area contributed by atoms with Crippen LogP contribution in [0.5, 0.6) is 0 Å². The zero-order chi connectivity index (χ0) is 40.6. The van der Waals surface area contributed by atoms with Gasteiger partial charge in [-0.2, -0.15) is 29.9 Å². The van der Waals surface area contributed by atoms with Gasteiger partial charge in [-0.3, -0.25) is 0 Å². The second kappa shape index (κ2) is 15.2. The summed E-state index contributed by atoms with van der Waals surface area (Å²) in [6.45, 7) is 5.87. The topological polar surface area (TPSA) is 234 Å². The Hall–Kier alpha value is -8.28. The van der Waals surface area contributed by atoms with Gasteiger partial charge < -0.3 is 27.1 Å². The number of nitrogens with zero attached hydrogens (tertiary/aromatic N) is 12. The molecule has 4 aromatic carbocycles. The number of benzene rings is 4. The normalized spacial score (nSPS) is 11.4. The minimum absolute atomic E-state index is 0.210. The summed E-state index contributed by atoms with van der Waals surface area (Å²) in [5.74, 6) is 4.67. The van der Waals surface area contributed by atoms with Gasteiger partial charge in [-0.05, 0) is 54.6 Å². The molecule has 0 spiro atoms. The van der Waals surface area contributed by atoms with E-state index in [1.807, 2.05) is 93.6 Å². The van der Waals surface area contributed by atoms with Crippen LogP contribution in [0.1, 0.15) is 38.2 Å². The fourth-order valence-corrected chi connectivity index (χ4v) is 6.29. The number of rotatable bonds is 12. The van der Waals surface area contributed by atoms with E-state index >= 15 is 0 Å². The molecular formula is C42H30N12O6. The summed E-state index contributed by atoms with van der Waals surface area (Å²) in [6.07, 6.45) is 1.95. The third-order valence-corrected chi connectivity index (χ3v) is 9.41. The van der Waals surface area contributed by atoms with Gasteiger partial charge in [-0.25, -0.2) is 0 Å². The van der Waals surface area contributed by atoms with Crippen LogP contribution in [-0.2, 0) is 19.3 Å². The average molecular weight is 799 g/mol. The van der Waals surface area contributed by atoms with E-state index in [4.69, 9.17) is 42.1 Å². The van der Waals surface area contributed by atoms with Gasteiger partial charge in [-0.1, -0.05) is 88.1 Å². The Morgan fingerprint density at radius 1 is 0.300 bits per heavy atom. The van der Waals surface area contributed by atoms with Crippen molar-refractivity contribution in [3.05, 3.63) is 108 Å². The minimum atomic E-state index is 0.210. The summed E-state index contributed by atoms with van der Waals surface area (Å²) in [4.78, 5) is 27.6. The molecule has 18 heteroatoms. The first-order valence-electron chi connectivity index (χ1n) is 19.0. The summed E-state index contributed by atoms with van der Waals surface area (Å²) in [5.41, 5.74) is 5.77. The van der Waals surface area contributed by atoms with E-state index in [1.165, 1.54) is 0 Å². The van der Waals surface area contributed by atoms with Crippen molar-refractivity contribution in [3.63, 3.8) is 0 Å². The molecule has 6 heterocycles. The quantitative estimate of drug-likeness (QED) is 0.112. The van der Waals surface area contributed by atoms with E-state index in [2.05, 4.69) is 45.9 Å². The van der Waals surface area contributed by atoms with Crippen LogP contribution in [-0.4, -0.2) is 60.8 Å². The lowest BCUT2D eigenvalue weighted by atomic mass is 10.0. The van der Waals surface area contributed by atoms with Gasteiger partial charge in [0.1, 0.15) is 0 Å². The molecule has 0 N–H and O–H groups in total. The molecule has 10 rings (SSSR count). The van der Waals surface area contributed by atoms with Crippen molar-refractivity contribution in [1.29, 1.82) is 0 Å². The largest absolute Gasteiger partial charge is 0.334 e. The Kier molecular flexibility index (Phi) is 9.16. The predicted octanol–water partition coefficient (Wildman–Crippen LogP) is 8.67. The lowest BCUT2D eigenvalue weighted by Gasteiger charge is -2.03. The van der Waals surface area contributed by atoms with Gasteiger partial charge in [0, 0.05) is 69.3 Å². The van der Waals surface area contributed by atoms with Crippen LogP contribution in [0.3, 0.4) is 0 Å². The summed E-state index contributed by atoms with van der Waals surface area (Å²) in [6, 6.07) is 27.8. The molecule has 0 atom stereocenters. The van der Waals surface area contributed by atoms with E-state index in [0.717, 1.165) is 16.7 Å². The van der Waals surface area contributed by atoms with E-state index in [-0.39, 0.29) is 17.7 Å². The molecule has 0 aliphatic carbocycles. The number of aromatic nitrogens is 12. The summed E-state index contributed by atoms with van der Waals surface area (Å²) >= 11 is 0. The maximum atomic E-state index is 5.85. The molecule has 0 bridgehead atoms. The molecule has 0 aliphatic heterocycles. The highest BCUT2D eigenvalue weighted by atomic mass is 16.5. The average Bonchev–Trinajstić information content (AvgIpc) is 4.17. The molecule has 0 radical (unpaired) electrons. The molecule has 0 amide bonds. The highest BCUT2D eigenvalue weighted by Crippen LogP contribution is 2.35. The molecule has 6 aromatic heterocycles. The van der Waals surface area contributed by atoms with E-state index in [9.17, 15) is 0 Å². The van der Waals surface area contributed by atoms with Gasteiger partial charge in [0.25, 0.3) is 35.3 Å². The Bertz CT molecular complexity index is 2780. The van der Waals surface area contributed by atoms with Crippen LogP contribution >= 0.6 is 0 Å². The number of hydrogen-bond acceptors (Lipinski definition) is 18. The van der Waals surface area contributed by atoms with Crippen LogP contribution in [0, 0.1) is 0 Å². The third kappa shape index (κ3) is 7.01. The van der Waals surface area contributed by atoms with Gasteiger partial charge in [0.15, 0.2) is 17.5 Å². The molecular weight excluding hydrogens is 769 g/mol. The standard InChI is InChI=1S/C42H30N12O6/c1-4-31-43-37(55-49-31)25-13-7-10-22(16-25)34-46-40(58-52-34)28-19-29(41-47-35(53-59-41)23-11-8-14-26(17-23)38-44-32(5-2)50-56-38)21-30(20-28)42-48-36(54-60-42)24-12-9-15-27(18-24)39-45-33(6-3)51-57-39/h7-21H,4-6H2,1-3H3. The van der Waals surface area contributed by atoms with Crippen LogP contribution in [0.4, 0.5) is 0 Å². The summed E-state index contributed by atoms with van der Waals surface area (Å²) in [5, 5.41) is 24.9. The van der Waals surface area contributed by atoms with E-state index < -0.39 is 0 Å². The predicted molar refractivity (Wildman–Crippen MR) is 211 cm³/mol. The SMILES string of the molecule is CCc1noc(-c2cccc(-c3noc(-c4cc(-c5nc(-c6cccc(-c7nc(CC)no7)c6)no5)cc(-c5nc(-c6cccc(-c7nc(CC)no7)c6)no5)c4)n3)c2)n1. The Morgan fingerprint density at radius 3 is 0.833 bits per heavy atom. The van der Waals surface area contributed by atoms with Crippen molar-refractivity contribution in [1.82, 2.24) is 60.8 Å². The molecule has 60 heavy (non-hydrogen) atoms. The van der Waals surface area contributed by atoms with Crippen molar-refractivity contribution in [2.45, 2.75) is 40.0 Å². The molecule has 0 saturated heterocycles. The van der Waals surface area contributed by atoms with Crippen molar-refractivity contribution < 1.29 is 27.1 Å². The van der Waals surface area contributed by atoms with Crippen LogP contribution in [0.15, 0.2) is 118 Å². The van der Waals surface area contributed by atoms with Gasteiger partial charge in [0.05, 0.1) is 0 Å². The second-order valence-electron chi connectivity index (χ2n) is 13.4. The van der Waals surface area contributed by atoms with Crippen LogP contribution in [0.2, 0.25) is 0 Å². The monoisotopic (exact) mass is 798 g/mol. The summed E-state index contributed by atoms with van der Waals surface area (Å²) in [7, 11) is 0. The second-order valence-corrected chi connectivity index (χ2v) is 13.4. The Balaban J connectivity index is 1.02. The third-order valence-electron chi connectivity index (χ3n) is 9.41. The van der Waals surface area contributed by atoms with Crippen molar-refractivity contribution in [2.75, 3.05) is 0 Å².